The lowest BCUT2D eigenvalue weighted by Gasteiger charge is -2.17. The van der Waals surface area contributed by atoms with E-state index >= 15 is 0 Å². The third kappa shape index (κ3) is 2.68. The second-order valence-electron chi connectivity index (χ2n) is 3.12. The summed E-state index contributed by atoms with van der Waals surface area (Å²) >= 11 is 0. The number of hydrogen-bond acceptors (Lipinski definition) is 4. The summed E-state index contributed by atoms with van der Waals surface area (Å²) in [4.78, 5) is 23.2. The van der Waals surface area contributed by atoms with Gasteiger partial charge in [0.15, 0.2) is 0 Å². The molecule has 0 bridgehead atoms. The van der Waals surface area contributed by atoms with E-state index in [0.29, 0.717) is 6.54 Å². The summed E-state index contributed by atoms with van der Waals surface area (Å²) in [5.41, 5.74) is 0. The van der Waals surface area contributed by atoms with Crippen molar-refractivity contribution in [1.82, 2.24) is 15.5 Å². The van der Waals surface area contributed by atoms with Crippen molar-refractivity contribution in [2.45, 2.75) is 13.0 Å². The summed E-state index contributed by atoms with van der Waals surface area (Å²) in [5, 5.41) is 14.8. The number of nitrogens with zero attached hydrogens (tertiary/aromatic N) is 1. The van der Waals surface area contributed by atoms with Gasteiger partial charge >= 0.3 is 6.03 Å². The van der Waals surface area contributed by atoms with E-state index in [4.69, 9.17) is 0 Å². The van der Waals surface area contributed by atoms with Gasteiger partial charge in [-0.1, -0.05) is 6.92 Å². The molecule has 3 N–H and O–H groups in total. The summed E-state index contributed by atoms with van der Waals surface area (Å²) in [5.74, 6) is -0.287. The number of aliphatic hydroxyl groups excluding tert-OH is 1. The zero-order valence-corrected chi connectivity index (χ0v) is 8.12. The maximum Gasteiger partial charge on any atom is 0.324 e. The van der Waals surface area contributed by atoms with Gasteiger partial charge in [0, 0.05) is 6.54 Å². The minimum atomic E-state index is -0.706. The van der Waals surface area contributed by atoms with Crippen molar-refractivity contribution < 1.29 is 14.7 Å². The van der Waals surface area contributed by atoms with Gasteiger partial charge in [0.2, 0.25) is 5.91 Å². The molecule has 1 unspecified atom stereocenters. The average molecular weight is 201 g/mol. The molecule has 1 saturated heterocycles. The van der Waals surface area contributed by atoms with Crippen LogP contribution in [-0.2, 0) is 4.79 Å². The lowest BCUT2D eigenvalue weighted by molar-refractivity contribution is -0.125. The number of likely N-dealkylation sites (N-methyl/N-ethyl adjacent to an activating group) is 1. The molecule has 3 amide bonds. The summed E-state index contributed by atoms with van der Waals surface area (Å²) in [6, 6.07) is -0.425. The lowest BCUT2D eigenvalue weighted by Crippen LogP contribution is -2.41. The predicted octanol–water partition coefficient (Wildman–Crippen LogP) is -1.49. The van der Waals surface area contributed by atoms with E-state index < -0.39 is 12.1 Å². The maximum atomic E-state index is 11.1. The summed E-state index contributed by atoms with van der Waals surface area (Å²) < 4.78 is 0. The Balaban J connectivity index is 2.35. The van der Waals surface area contributed by atoms with Crippen LogP contribution in [0.5, 0.6) is 0 Å². The van der Waals surface area contributed by atoms with Crippen LogP contribution in [0.4, 0.5) is 4.79 Å². The Bertz CT molecular complexity index is 216. The number of amides is 3. The third-order valence-corrected chi connectivity index (χ3v) is 1.96. The highest BCUT2D eigenvalue weighted by Crippen LogP contribution is 2.00. The van der Waals surface area contributed by atoms with Gasteiger partial charge in [0.25, 0.3) is 0 Å². The van der Waals surface area contributed by atoms with Crippen LogP contribution in [0.15, 0.2) is 0 Å². The van der Waals surface area contributed by atoms with Crippen molar-refractivity contribution in [3.63, 3.8) is 0 Å². The van der Waals surface area contributed by atoms with Gasteiger partial charge < -0.3 is 15.7 Å². The molecule has 1 aliphatic heterocycles. The quantitative estimate of drug-likeness (QED) is 0.473. The van der Waals surface area contributed by atoms with Gasteiger partial charge in [-0.05, 0) is 6.54 Å². The summed E-state index contributed by atoms with van der Waals surface area (Å²) in [6.45, 7) is 3.13. The van der Waals surface area contributed by atoms with Crippen LogP contribution >= 0.6 is 0 Å². The fraction of sp³-hybridized carbons (Fsp3) is 0.750. The summed E-state index contributed by atoms with van der Waals surface area (Å²) in [7, 11) is 0. The predicted molar refractivity (Wildman–Crippen MR) is 49.7 cm³/mol. The van der Waals surface area contributed by atoms with Crippen LogP contribution in [0.1, 0.15) is 6.92 Å². The SMILES string of the molecule is CCNCC(O)CN1C(=O)CNC1=O. The number of hydrogen-bond donors (Lipinski definition) is 3. The number of imide groups is 1. The smallest absolute Gasteiger partial charge is 0.324 e. The molecule has 0 aromatic carbocycles. The fourth-order valence-corrected chi connectivity index (χ4v) is 1.23. The largest absolute Gasteiger partial charge is 0.390 e. The van der Waals surface area contributed by atoms with Gasteiger partial charge in [-0.3, -0.25) is 9.69 Å². The molecule has 0 aromatic heterocycles. The number of urea groups is 1. The normalized spacial score (nSPS) is 18.6. The molecule has 14 heavy (non-hydrogen) atoms. The second kappa shape index (κ2) is 4.92. The fourth-order valence-electron chi connectivity index (χ4n) is 1.23. The number of nitrogens with one attached hydrogen (secondary N) is 2. The summed E-state index contributed by atoms with van der Waals surface area (Å²) in [6.07, 6.45) is -0.706. The number of carbonyl (C=O) groups excluding carboxylic acids is 2. The van der Waals surface area contributed by atoms with Crippen LogP contribution in [0.25, 0.3) is 0 Å². The first-order valence-corrected chi connectivity index (χ1v) is 4.62. The maximum absolute atomic E-state index is 11.1. The minimum absolute atomic E-state index is 0.0345. The van der Waals surface area contributed by atoms with Crippen LogP contribution in [-0.4, -0.2) is 54.2 Å². The molecule has 1 atom stereocenters. The van der Waals surface area contributed by atoms with Crippen LogP contribution < -0.4 is 10.6 Å². The van der Waals surface area contributed by atoms with Crippen molar-refractivity contribution >= 4 is 11.9 Å². The zero-order chi connectivity index (χ0) is 10.6. The first-order chi connectivity index (χ1) is 6.65. The van der Waals surface area contributed by atoms with Crippen molar-refractivity contribution in [3.05, 3.63) is 0 Å². The first-order valence-electron chi connectivity index (χ1n) is 4.62. The van der Waals surface area contributed by atoms with Crippen LogP contribution in [0.2, 0.25) is 0 Å². The molecule has 1 heterocycles. The Morgan fingerprint density at radius 3 is 2.86 bits per heavy atom. The van der Waals surface area contributed by atoms with E-state index in [1.807, 2.05) is 6.92 Å². The number of aliphatic hydroxyl groups is 1. The first kappa shape index (κ1) is 10.9. The number of rotatable bonds is 5. The Kier molecular flexibility index (Phi) is 3.84. The lowest BCUT2D eigenvalue weighted by atomic mass is 10.3. The molecule has 6 heteroatoms. The molecule has 0 aromatic rings. The second-order valence-corrected chi connectivity index (χ2v) is 3.12. The molecule has 0 aliphatic carbocycles. The molecule has 0 radical (unpaired) electrons. The molecular formula is C8H15N3O3. The van der Waals surface area contributed by atoms with Crippen LogP contribution in [0, 0.1) is 0 Å². The van der Waals surface area contributed by atoms with E-state index in [9.17, 15) is 14.7 Å². The van der Waals surface area contributed by atoms with Crippen molar-refractivity contribution in [1.29, 1.82) is 0 Å². The Labute approximate surface area is 82.3 Å². The third-order valence-electron chi connectivity index (χ3n) is 1.96. The zero-order valence-electron chi connectivity index (χ0n) is 8.12. The van der Waals surface area contributed by atoms with Crippen LogP contribution in [0.3, 0.4) is 0 Å². The Morgan fingerprint density at radius 2 is 2.36 bits per heavy atom. The topological polar surface area (TPSA) is 81.7 Å². The van der Waals surface area contributed by atoms with Gasteiger partial charge in [0.1, 0.15) is 0 Å². The number of carbonyl (C=O) groups is 2. The standard InChI is InChI=1S/C8H15N3O3/c1-2-9-3-6(12)5-11-7(13)4-10-8(11)14/h6,9,12H,2-5H2,1H3,(H,10,14). The molecule has 0 saturated carbocycles. The van der Waals surface area contributed by atoms with Gasteiger partial charge in [-0.15, -0.1) is 0 Å². The number of β-amino-alcohol motifs (C(OH)–C–C–N with tert-alkyl or cyclic N) is 1. The van der Waals surface area contributed by atoms with Gasteiger partial charge in [0.05, 0.1) is 19.2 Å². The molecular weight excluding hydrogens is 186 g/mol. The van der Waals surface area contributed by atoms with Crippen molar-refractivity contribution in [3.8, 4) is 0 Å². The van der Waals surface area contributed by atoms with E-state index in [2.05, 4.69) is 10.6 Å². The molecule has 1 rings (SSSR count). The van der Waals surface area contributed by atoms with Gasteiger partial charge in [-0.25, -0.2) is 4.79 Å². The highest BCUT2D eigenvalue weighted by atomic mass is 16.3. The highest BCUT2D eigenvalue weighted by molar-refractivity contribution is 6.01. The molecule has 80 valence electrons. The Morgan fingerprint density at radius 1 is 1.64 bits per heavy atom. The average Bonchev–Trinajstić information content (AvgIpc) is 2.46. The Hall–Kier alpha value is -1.14. The monoisotopic (exact) mass is 201 g/mol. The molecule has 6 nitrogen and oxygen atoms in total. The van der Waals surface area contributed by atoms with Crippen molar-refractivity contribution in [2.24, 2.45) is 0 Å². The van der Waals surface area contributed by atoms with Gasteiger partial charge in [-0.2, -0.15) is 0 Å². The van der Waals surface area contributed by atoms with E-state index in [0.717, 1.165) is 11.4 Å². The molecule has 1 aliphatic rings. The molecule has 1 fully saturated rings. The van der Waals surface area contributed by atoms with E-state index in [1.54, 1.807) is 0 Å². The van der Waals surface area contributed by atoms with E-state index in [1.165, 1.54) is 0 Å². The highest BCUT2D eigenvalue weighted by Gasteiger charge is 2.29. The van der Waals surface area contributed by atoms with Crippen molar-refractivity contribution in [2.75, 3.05) is 26.2 Å². The minimum Gasteiger partial charge on any atom is -0.390 e. The molecule has 0 spiro atoms. The van der Waals surface area contributed by atoms with E-state index in [-0.39, 0.29) is 19.0 Å².